The van der Waals surface area contributed by atoms with Crippen LogP contribution in [0.25, 0.3) is 0 Å². The third-order valence-corrected chi connectivity index (χ3v) is 2.33. The summed E-state index contributed by atoms with van der Waals surface area (Å²) in [6, 6.07) is 10.1. The van der Waals surface area contributed by atoms with Crippen LogP contribution in [-0.2, 0) is 0 Å². The molecule has 1 atom stereocenters. The first-order chi connectivity index (χ1) is 6.79. The number of rotatable bonds is 4. The van der Waals surface area contributed by atoms with Gasteiger partial charge in [0.1, 0.15) is 0 Å². The van der Waals surface area contributed by atoms with E-state index in [1.165, 1.54) is 0 Å². The number of nitrogens with zero attached hydrogens (tertiary/aromatic N) is 2. The fraction of sp³-hybridized carbons (Fsp3) is 0.333. The Hall–Kier alpha value is -1.44. The van der Waals surface area contributed by atoms with Crippen molar-refractivity contribution >= 4 is 12.4 Å². The second-order valence-corrected chi connectivity index (χ2v) is 3.30. The monoisotopic (exact) mass is 188 g/mol. The van der Waals surface area contributed by atoms with Crippen LogP contribution in [0.1, 0.15) is 25.8 Å². The summed E-state index contributed by atoms with van der Waals surface area (Å²) in [6.45, 7) is 7.70. The Balaban J connectivity index is 3.01. The van der Waals surface area contributed by atoms with Gasteiger partial charge in [-0.05, 0) is 12.0 Å². The molecule has 74 valence electrons. The van der Waals surface area contributed by atoms with Crippen LogP contribution in [0.2, 0.25) is 0 Å². The molecule has 0 bridgehead atoms. The molecule has 2 heteroatoms. The van der Waals surface area contributed by atoms with Crippen molar-refractivity contribution in [2.75, 3.05) is 0 Å². The Morgan fingerprint density at radius 1 is 1.36 bits per heavy atom. The third kappa shape index (κ3) is 2.52. The van der Waals surface area contributed by atoms with E-state index in [1.807, 2.05) is 18.2 Å². The van der Waals surface area contributed by atoms with E-state index >= 15 is 0 Å². The Labute approximate surface area is 85.4 Å². The first-order valence-electron chi connectivity index (χ1n) is 4.88. The van der Waals surface area contributed by atoms with Gasteiger partial charge in [0.05, 0.1) is 5.71 Å². The molecule has 0 fully saturated rings. The highest BCUT2D eigenvalue weighted by atomic mass is 15.2. The van der Waals surface area contributed by atoms with Crippen LogP contribution in [0.3, 0.4) is 0 Å². The van der Waals surface area contributed by atoms with E-state index in [9.17, 15) is 0 Å². The van der Waals surface area contributed by atoms with Gasteiger partial charge < -0.3 is 0 Å². The van der Waals surface area contributed by atoms with Crippen LogP contribution in [0.4, 0.5) is 0 Å². The Morgan fingerprint density at radius 3 is 2.50 bits per heavy atom. The SMILES string of the molecule is C=N/N=C(\c1ccccc1)C(C)CC. The summed E-state index contributed by atoms with van der Waals surface area (Å²) in [5.74, 6) is 0.419. The lowest BCUT2D eigenvalue weighted by atomic mass is 9.96. The molecule has 1 aromatic carbocycles. The predicted octanol–water partition coefficient (Wildman–Crippen LogP) is 3.14. The summed E-state index contributed by atoms with van der Waals surface area (Å²) in [6.07, 6.45) is 1.06. The van der Waals surface area contributed by atoms with Crippen LogP contribution in [0, 0.1) is 5.92 Å². The first kappa shape index (κ1) is 10.6. The molecule has 2 nitrogen and oxygen atoms in total. The molecule has 0 saturated carbocycles. The standard InChI is InChI=1S/C12H16N2/c1-4-10(2)12(14-13-3)11-8-6-5-7-9-11/h5-10H,3-4H2,1-2H3/b14-12-. The quantitative estimate of drug-likeness (QED) is 0.512. The predicted molar refractivity (Wildman–Crippen MR) is 62.0 cm³/mol. The zero-order chi connectivity index (χ0) is 10.4. The normalized spacial score (nSPS) is 13.7. The minimum atomic E-state index is 0.419. The molecule has 0 aromatic heterocycles. The van der Waals surface area contributed by atoms with Crippen LogP contribution in [0.15, 0.2) is 40.5 Å². The van der Waals surface area contributed by atoms with Crippen LogP contribution in [0.5, 0.6) is 0 Å². The maximum atomic E-state index is 4.10. The minimum absolute atomic E-state index is 0.419. The largest absolute Gasteiger partial charge is 0.167 e. The average Bonchev–Trinajstić information content (AvgIpc) is 2.26. The molecule has 1 rings (SSSR count). The zero-order valence-corrected chi connectivity index (χ0v) is 8.77. The summed E-state index contributed by atoms with van der Waals surface area (Å²) >= 11 is 0. The Kier molecular flexibility index (Phi) is 4.05. The van der Waals surface area contributed by atoms with Crippen molar-refractivity contribution in [2.45, 2.75) is 20.3 Å². The van der Waals surface area contributed by atoms with E-state index in [1.54, 1.807) is 0 Å². The molecule has 0 saturated heterocycles. The molecule has 0 N–H and O–H groups in total. The lowest BCUT2D eigenvalue weighted by molar-refractivity contribution is 0.737. The Bertz CT molecular complexity index is 314. The van der Waals surface area contributed by atoms with Crippen molar-refractivity contribution in [3.8, 4) is 0 Å². The van der Waals surface area contributed by atoms with Gasteiger partial charge in [-0.2, -0.15) is 10.2 Å². The second kappa shape index (κ2) is 5.32. The second-order valence-electron chi connectivity index (χ2n) is 3.30. The summed E-state index contributed by atoms with van der Waals surface area (Å²) in [7, 11) is 0. The van der Waals surface area contributed by atoms with Gasteiger partial charge in [0.15, 0.2) is 0 Å². The van der Waals surface area contributed by atoms with Crippen LogP contribution < -0.4 is 0 Å². The van der Waals surface area contributed by atoms with E-state index in [0.717, 1.165) is 17.7 Å². The van der Waals surface area contributed by atoms with Gasteiger partial charge in [-0.15, -0.1) is 0 Å². The van der Waals surface area contributed by atoms with Gasteiger partial charge >= 0.3 is 0 Å². The average molecular weight is 188 g/mol. The highest BCUT2D eigenvalue weighted by Gasteiger charge is 2.10. The number of hydrogen-bond acceptors (Lipinski definition) is 2. The lowest BCUT2D eigenvalue weighted by Crippen LogP contribution is -2.11. The van der Waals surface area contributed by atoms with Gasteiger partial charge in [-0.1, -0.05) is 44.2 Å². The number of hydrogen-bond donors (Lipinski definition) is 0. The minimum Gasteiger partial charge on any atom is -0.167 e. The summed E-state index contributed by atoms with van der Waals surface area (Å²) < 4.78 is 0. The smallest absolute Gasteiger partial charge is 0.0730 e. The highest BCUT2D eigenvalue weighted by molar-refractivity contribution is 6.01. The van der Waals surface area contributed by atoms with Gasteiger partial charge in [-0.3, -0.25) is 0 Å². The fourth-order valence-electron chi connectivity index (χ4n) is 1.32. The van der Waals surface area contributed by atoms with E-state index in [0.29, 0.717) is 5.92 Å². The molecule has 0 amide bonds. The maximum Gasteiger partial charge on any atom is 0.0730 e. The molecule has 1 aromatic rings. The van der Waals surface area contributed by atoms with Crippen molar-refractivity contribution in [1.29, 1.82) is 0 Å². The fourth-order valence-corrected chi connectivity index (χ4v) is 1.32. The zero-order valence-electron chi connectivity index (χ0n) is 8.77. The molecule has 1 unspecified atom stereocenters. The molecular weight excluding hydrogens is 172 g/mol. The summed E-state index contributed by atoms with van der Waals surface area (Å²) in [4.78, 5) is 0. The molecule has 14 heavy (non-hydrogen) atoms. The Morgan fingerprint density at radius 2 is 2.00 bits per heavy atom. The van der Waals surface area contributed by atoms with E-state index in [2.05, 4.69) is 42.9 Å². The summed E-state index contributed by atoms with van der Waals surface area (Å²) in [5, 5.41) is 7.72. The van der Waals surface area contributed by atoms with Gasteiger partial charge in [0.2, 0.25) is 0 Å². The van der Waals surface area contributed by atoms with Crippen molar-refractivity contribution in [2.24, 2.45) is 16.1 Å². The molecule has 0 aliphatic rings. The number of benzene rings is 1. The summed E-state index contributed by atoms with van der Waals surface area (Å²) in [5.41, 5.74) is 2.15. The van der Waals surface area contributed by atoms with E-state index in [-0.39, 0.29) is 0 Å². The first-order valence-corrected chi connectivity index (χ1v) is 4.88. The highest BCUT2D eigenvalue weighted by Crippen LogP contribution is 2.12. The van der Waals surface area contributed by atoms with E-state index in [4.69, 9.17) is 0 Å². The van der Waals surface area contributed by atoms with Crippen molar-refractivity contribution in [1.82, 2.24) is 0 Å². The maximum absolute atomic E-state index is 4.10. The lowest BCUT2D eigenvalue weighted by Gasteiger charge is -2.11. The molecule has 0 spiro atoms. The van der Waals surface area contributed by atoms with Gasteiger partial charge in [0, 0.05) is 12.6 Å². The van der Waals surface area contributed by atoms with E-state index < -0.39 is 0 Å². The molecule has 0 aliphatic carbocycles. The third-order valence-electron chi connectivity index (χ3n) is 2.33. The van der Waals surface area contributed by atoms with Gasteiger partial charge in [0.25, 0.3) is 0 Å². The molecule has 0 radical (unpaired) electrons. The molecular formula is C12H16N2. The van der Waals surface area contributed by atoms with Gasteiger partial charge in [-0.25, -0.2) is 0 Å². The van der Waals surface area contributed by atoms with Crippen LogP contribution in [-0.4, -0.2) is 12.4 Å². The van der Waals surface area contributed by atoms with Crippen molar-refractivity contribution in [3.63, 3.8) is 0 Å². The molecule has 0 heterocycles. The van der Waals surface area contributed by atoms with Crippen molar-refractivity contribution in [3.05, 3.63) is 35.9 Å². The van der Waals surface area contributed by atoms with Crippen LogP contribution >= 0.6 is 0 Å². The topological polar surface area (TPSA) is 24.7 Å². The van der Waals surface area contributed by atoms with Crippen molar-refractivity contribution < 1.29 is 0 Å². The molecule has 0 aliphatic heterocycles.